The van der Waals surface area contributed by atoms with Crippen molar-refractivity contribution in [3.63, 3.8) is 0 Å². The molecule has 0 spiro atoms. The molecule has 0 aromatic heterocycles. The third-order valence-corrected chi connectivity index (χ3v) is 5.55. The van der Waals surface area contributed by atoms with Crippen LogP contribution in [0.1, 0.15) is 44.2 Å². The SMILES string of the molecule is CN=C(NCCCOCC1CCOC1)NC(C)c1cccc(N2CCCC2)c1. The monoisotopic (exact) mass is 388 g/mol. The van der Waals surface area contributed by atoms with Crippen molar-refractivity contribution < 1.29 is 9.47 Å². The van der Waals surface area contributed by atoms with Gasteiger partial charge in [-0.15, -0.1) is 0 Å². The van der Waals surface area contributed by atoms with E-state index in [9.17, 15) is 0 Å². The van der Waals surface area contributed by atoms with Crippen LogP contribution in [0.2, 0.25) is 0 Å². The summed E-state index contributed by atoms with van der Waals surface area (Å²) < 4.78 is 11.1. The molecule has 1 aromatic carbocycles. The van der Waals surface area contributed by atoms with Crippen LogP contribution in [0.4, 0.5) is 5.69 Å². The first kappa shape index (κ1) is 20.9. The molecule has 0 aliphatic carbocycles. The fraction of sp³-hybridized carbons (Fsp3) is 0.682. The number of nitrogens with zero attached hydrogens (tertiary/aromatic N) is 2. The quantitative estimate of drug-likeness (QED) is 0.387. The van der Waals surface area contributed by atoms with E-state index in [-0.39, 0.29) is 6.04 Å². The van der Waals surface area contributed by atoms with Gasteiger partial charge in [0.2, 0.25) is 0 Å². The van der Waals surface area contributed by atoms with Crippen LogP contribution in [0.25, 0.3) is 0 Å². The maximum absolute atomic E-state index is 5.76. The lowest BCUT2D eigenvalue weighted by Crippen LogP contribution is -2.39. The lowest BCUT2D eigenvalue weighted by molar-refractivity contribution is 0.0888. The van der Waals surface area contributed by atoms with Crippen molar-refractivity contribution in [3.05, 3.63) is 29.8 Å². The second kappa shape index (κ2) is 11.3. The summed E-state index contributed by atoms with van der Waals surface area (Å²) in [5.41, 5.74) is 2.62. The molecule has 2 heterocycles. The van der Waals surface area contributed by atoms with E-state index in [0.717, 1.165) is 51.8 Å². The van der Waals surface area contributed by atoms with Gasteiger partial charge < -0.3 is 25.0 Å². The second-order valence-corrected chi connectivity index (χ2v) is 7.81. The fourth-order valence-corrected chi connectivity index (χ4v) is 3.80. The summed E-state index contributed by atoms with van der Waals surface area (Å²) in [4.78, 5) is 6.83. The minimum absolute atomic E-state index is 0.201. The minimum atomic E-state index is 0.201. The number of guanidine groups is 1. The smallest absolute Gasteiger partial charge is 0.191 e. The fourth-order valence-electron chi connectivity index (χ4n) is 3.80. The van der Waals surface area contributed by atoms with Crippen LogP contribution in [0, 0.1) is 5.92 Å². The van der Waals surface area contributed by atoms with Gasteiger partial charge in [-0.25, -0.2) is 0 Å². The van der Waals surface area contributed by atoms with Gasteiger partial charge in [0, 0.05) is 51.5 Å². The first-order valence-corrected chi connectivity index (χ1v) is 10.7. The van der Waals surface area contributed by atoms with Gasteiger partial charge in [0.25, 0.3) is 0 Å². The van der Waals surface area contributed by atoms with Gasteiger partial charge in [-0.05, 0) is 50.3 Å². The number of hydrogen-bond donors (Lipinski definition) is 2. The highest BCUT2D eigenvalue weighted by atomic mass is 16.5. The van der Waals surface area contributed by atoms with Crippen molar-refractivity contribution >= 4 is 11.6 Å². The molecule has 0 amide bonds. The number of rotatable bonds is 9. The number of ether oxygens (including phenoxy) is 2. The Bertz CT molecular complexity index is 610. The molecule has 0 saturated carbocycles. The maximum Gasteiger partial charge on any atom is 0.191 e. The molecule has 2 saturated heterocycles. The molecule has 2 N–H and O–H groups in total. The van der Waals surface area contributed by atoms with E-state index >= 15 is 0 Å². The molecule has 6 heteroatoms. The van der Waals surface area contributed by atoms with Crippen LogP contribution in [-0.2, 0) is 9.47 Å². The molecule has 0 radical (unpaired) electrons. The van der Waals surface area contributed by atoms with Gasteiger partial charge in [0.1, 0.15) is 0 Å². The highest BCUT2D eigenvalue weighted by Gasteiger charge is 2.16. The van der Waals surface area contributed by atoms with Crippen molar-refractivity contribution in [1.82, 2.24) is 10.6 Å². The number of aliphatic imine (C=N–C) groups is 1. The van der Waals surface area contributed by atoms with Crippen LogP contribution in [0.15, 0.2) is 29.3 Å². The largest absolute Gasteiger partial charge is 0.381 e. The van der Waals surface area contributed by atoms with Crippen molar-refractivity contribution in [3.8, 4) is 0 Å². The lowest BCUT2D eigenvalue weighted by atomic mass is 10.1. The third-order valence-electron chi connectivity index (χ3n) is 5.55. The van der Waals surface area contributed by atoms with Gasteiger partial charge >= 0.3 is 0 Å². The minimum Gasteiger partial charge on any atom is -0.381 e. The Morgan fingerprint density at radius 3 is 2.96 bits per heavy atom. The molecule has 2 aliphatic rings. The highest BCUT2D eigenvalue weighted by Crippen LogP contribution is 2.23. The Balaban J connectivity index is 1.37. The average molecular weight is 389 g/mol. The molecule has 0 bridgehead atoms. The van der Waals surface area contributed by atoms with Crippen LogP contribution >= 0.6 is 0 Å². The molecule has 2 fully saturated rings. The number of nitrogens with one attached hydrogen (secondary N) is 2. The lowest BCUT2D eigenvalue weighted by Gasteiger charge is -2.22. The molecule has 156 valence electrons. The first-order chi connectivity index (χ1) is 13.8. The molecule has 6 nitrogen and oxygen atoms in total. The molecule has 28 heavy (non-hydrogen) atoms. The first-order valence-electron chi connectivity index (χ1n) is 10.7. The molecular formula is C22H36N4O2. The van der Waals surface area contributed by atoms with Crippen molar-refractivity contribution in [2.24, 2.45) is 10.9 Å². The zero-order valence-corrected chi connectivity index (χ0v) is 17.5. The van der Waals surface area contributed by atoms with Gasteiger partial charge in [0.05, 0.1) is 19.3 Å². The van der Waals surface area contributed by atoms with Crippen molar-refractivity contribution in [2.45, 2.75) is 38.6 Å². The Morgan fingerprint density at radius 2 is 2.21 bits per heavy atom. The van der Waals surface area contributed by atoms with Gasteiger partial charge in [-0.1, -0.05) is 12.1 Å². The summed E-state index contributed by atoms with van der Waals surface area (Å²) >= 11 is 0. The summed E-state index contributed by atoms with van der Waals surface area (Å²) in [7, 11) is 1.82. The summed E-state index contributed by atoms with van der Waals surface area (Å²) in [5.74, 6) is 1.42. The Labute approximate surface area is 169 Å². The summed E-state index contributed by atoms with van der Waals surface area (Å²) in [6, 6.07) is 9.06. The maximum atomic E-state index is 5.76. The van der Waals surface area contributed by atoms with Crippen molar-refractivity contribution in [1.29, 1.82) is 0 Å². The number of hydrogen-bond acceptors (Lipinski definition) is 4. The van der Waals surface area contributed by atoms with E-state index in [0.29, 0.717) is 5.92 Å². The molecule has 2 aliphatic heterocycles. The topological polar surface area (TPSA) is 58.1 Å². The average Bonchev–Trinajstić information content (AvgIpc) is 3.44. The molecule has 2 unspecified atom stereocenters. The summed E-state index contributed by atoms with van der Waals surface area (Å²) in [5, 5.41) is 6.89. The highest BCUT2D eigenvalue weighted by molar-refractivity contribution is 5.80. The summed E-state index contributed by atoms with van der Waals surface area (Å²) in [6.45, 7) is 8.70. The van der Waals surface area contributed by atoms with Crippen LogP contribution < -0.4 is 15.5 Å². The Morgan fingerprint density at radius 1 is 1.36 bits per heavy atom. The van der Waals surface area contributed by atoms with Crippen LogP contribution in [0.5, 0.6) is 0 Å². The zero-order chi connectivity index (χ0) is 19.6. The number of benzene rings is 1. The van der Waals surface area contributed by atoms with Crippen molar-refractivity contribution in [2.75, 3.05) is 58.0 Å². The van der Waals surface area contributed by atoms with Crippen LogP contribution in [-0.4, -0.2) is 59.1 Å². The zero-order valence-electron chi connectivity index (χ0n) is 17.5. The van der Waals surface area contributed by atoms with Gasteiger partial charge in [-0.2, -0.15) is 0 Å². The third kappa shape index (κ3) is 6.38. The molecular weight excluding hydrogens is 352 g/mol. The van der Waals surface area contributed by atoms with Gasteiger partial charge in [-0.3, -0.25) is 4.99 Å². The van der Waals surface area contributed by atoms with E-state index in [1.807, 2.05) is 7.05 Å². The Kier molecular flexibility index (Phi) is 8.42. The van der Waals surface area contributed by atoms with E-state index in [4.69, 9.17) is 9.47 Å². The normalized spacial score (nSPS) is 21.1. The number of anilines is 1. The second-order valence-electron chi connectivity index (χ2n) is 7.81. The molecule has 1 aromatic rings. The van der Waals surface area contributed by atoms with Gasteiger partial charge in [0.15, 0.2) is 5.96 Å². The van der Waals surface area contributed by atoms with E-state index in [1.54, 1.807) is 0 Å². The summed E-state index contributed by atoms with van der Waals surface area (Å²) in [6.07, 6.45) is 4.69. The Hall–Kier alpha value is -1.79. The van der Waals surface area contributed by atoms with E-state index < -0.39 is 0 Å². The molecule has 2 atom stereocenters. The van der Waals surface area contributed by atoms with E-state index in [1.165, 1.54) is 37.2 Å². The van der Waals surface area contributed by atoms with E-state index in [2.05, 4.69) is 51.7 Å². The standard InChI is InChI=1S/C22H36N4O2/c1-18(20-7-5-8-21(15-20)26-11-3-4-12-26)25-22(23-2)24-10-6-13-27-16-19-9-14-28-17-19/h5,7-8,15,18-19H,3-4,6,9-14,16-17H2,1-2H3,(H2,23,24,25). The predicted molar refractivity (Wildman–Crippen MR) is 115 cm³/mol. The van der Waals surface area contributed by atoms with Crippen LogP contribution in [0.3, 0.4) is 0 Å². The molecule has 3 rings (SSSR count). The predicted octanol–water partition coefficient (Wildman–Crippen LogP) is 2.96.